The zero-order valence-corrected chi connectivity index (χ0v) is 10.8. The van der Waals surface area contributed by atoms with E-state index >= 15 is 0 Å². The van der Waals surface area contributed by atoms with Crippen LogP contribution >= 0.6 is 18.2 Å². The SMILES string of the molecule is CCCCOC(C)OC(C)OP(=O)(O)Cl. The second-order valence-corrected chi connectivity index (χ2v) is 5.45. The van der Waals surface area contributed by atoms with E-state index in [1.54, 1.807) is 6.92 Å². The van der Waals surface area contributed by atoms with Gasteiger partial charge >= 0.3 is 6.95 Å². The van der Waals surface area contributed by atoms with Crippen molar-refractivity contribution in [3.05, 3.63) is 0 Å². The molecule has 0 aliphatic heterocycles. The highest BCUT2D eigenvalue weighted by Crippen LogP contribution is 2.48. The number of rotatable bonds is 8. The van der Waals surface area contributed by atoms with E-state index < -0.39 is 19.5 Å². The Labute approximate surface area is 95.0 Å². The van der Waals surface area contributed by atoms with Crippen molar-refractivity contribution in [2.24, 2.45) is 0 Å². The third-order valence-electron chi connectivity index (χ3n) is 1.51. The summed E-state index contributed by atoms with van der Waals surface area (Å²) in [5.41, 5.74) is 0. The van der Waals surface area contributed by atoms with Crippen molar-refractivity contribution in [1.82, 2.24) is 0 Å². The first-order valence-electron chi connectivity index (χ1n) is 4.83. The predicted octanol–water partition coefficient (Wildman–Crippen LogP) is 2.87. The normalized spacial score (nSPS) is 19.5. The van der Waals surface area contributed by atoms with Gasteiger partial charge in [-0.3, -0.25) is 4.52 Å². The van der Waals surface area contributed by atoms with Gasteiger partial charge in [0.05, 0.1) is 0 Å². The molecule has 0 rings (SSSR count). The molecule has 0 saturated heterocycles. The molecule has 0 fully saturated rings. The van der Waals surface area contributed by atoms with Crippen molar-refractivity contribution in [3.63, 3.8) is 0 Å². The lowest BCUT2D eigenvalue weighted by atomic mass is 10.4. The Morgan fingerprint density at radius 3 is 2.47 bits per heavy atom. The highest BCUT2D eigenvalue weighted by Gasteiger charge is 2.20. The van der Waals surface area contributed by atoms with Gasteiger partial charge in [-0.05, 0) is 20.3 Å². The van der Waals surface area contributed by atoms with Crippen LogP contribution in [0.5, 0.6) is 0 Å². The lowest BCUT2D eigenvalue weighted by molar-refractivity contribution is -0.204. The average molecular weight is 261 g/mol. The first kappa shape index (κ1) is 15.4. The summed E-state index contributed by atoms with van der Waals surface area (Å²) < 4.78 is 25.5. The van der Waals surface area contributed by atoms with E-state index in [1.165, 1.54) is 6.92 Å². The number of ether oxygens (including phenoxy) is 2. The summed E-state index contributed by atoms with van der Waals surface area (Å²) in [6.45, 7) is 1.78. The molecular formula is C8H18ClO5P. The van der Waals surface area contributed by atoms with Crippen LogP contribution < -0.4 is 0 Å². The Balaban J connectivity index is 3.66. The van der Waals surface area contributed by atoms with Crippen LogP contribution in [0.3, 0.4) is 0 Å². The summed E-state index contributed by atoms with van der Waals surface area (Å²) >= 11 is 5.01. The molecule has 3 unspecified atom stereocenters. The number of hydrogen-bond acceptors (Lipinski definition) is 4. The van der Waals surface area contributed by atoms with Gasteiger partial charge in [-0.1, -0.05) is 13.3 Å². The Morgan fingerprint density at radius 1 is 1.40 bits per heavy atom. The van der Waals surface area contributed by atoms with Gasteiger partial charge in [0.2, 0.25) is 0 Å². The monoisotopic (exact) mass is 260 g/mol. The molecule has 0 amide bonds. The molecule has 0 saturated carbocycles. The first-order chi connectivity index (χ1) is 6.85. The lowest BCUT2D eigenvalue weighted by Crippen LogP contribution is -2.21. The second kappa shape index (κ2) is 7.60. The van der Waals surface area contributed by atoms with Crippen molar-refractivity contribution in [2.45, 2.75) is 46.2 Å². The fraction of sp³-hybridized carbons (Fsp3) is 1.00. The lowest BCUT2D eigenvalue weighted by Gasteiger charge is -2.19. The Hall–Kier alpha value is 0.360. The van der Waals surface area contributed by atoms with Crippen LogP contribution in [-0.2, 0) is 18.6 Å². The summed E-state index contributed by atoms with van der Waals surface area (Å²) in [5.74, 6) is 0. The van der Waals surface area contributed by atoms with E-state index in [0.717, 1.165) is 12.8 Å². The zero-order chi connectivity index (χ0) is 11.9. The molecule has 0 heterocycles. The summed E-state index contributed by atoms with van der Waals surface area (Å²) in [6, 6.07) is 0. The topological polar surface area (TPSA) is 65.0 Å². The van der Waals surface area contributed by atoms with Crippen molar-refractivity contribution in [3.8, 4) is 0 Å². The van der Waals surface area contributed by atoms with Gasteiger partial charge in [0.15, 0.2) is 12.6 Å². The minimum atomic E-state index is -4.02. The first-order valence-corrected chi connectivity index (χ1v) is 7.31. The molecule has 0 aromatic carbocycles. The molecule has 15 heavy (non-hydrogen) atoms. The van der Waals surface area contributed by atoms with Gasteiger partial charge in [-0.2, -0.15) is 0 Å². The summed E-state index contributed by atoms with van der Waals surface area (Å²) in [7, 11) is 0. The molecule has 5 nitrogen and oxygen atoms in total. The van der Waals surface area contributed by atoms with E-state index in [1.807, 2.05) is 0 Å². The van der Waals surface area contributed by atoms with E-state index in [0.29, 0.717) is 6.61 Å². The third kappa shape index (κ3) is 10.6. The van der Waals surface area contributed by atoms with Gasteiger partial charge in [0, 0.05) is 17.8 Å². The van der Waals surface area contributed by atoms with Gasteiger partial charge in [-0.25, -0.2) is 4.57 Å². The van der Waals surface area contributed by atoms with Gasteiger partial charge < -0.3 is 14.4 Å². The molecular weight excluding hydrogens is 243 g/mol. The molecule has 3 atom stereocenters. The van der Waals surface area contributed by atoms with Crippen LogP contribution in [0.2, 0.25) is 0 Å². The molecule has 0 aromatic rings. The minimum Gasteiger partial charge on any atom is -0.353 e. The molecule has 7 heteroatoms. The fourth-order valence-electron chi connectivity index (χ4n) is 0.911. The van der Waals surface area contributed by atoms with Gasteiger partial charge in [0.25, 0.3) is 0 Å². The zero-order valence-electron chi connectivity index (χ0n) is 9.18. The van der Waals surface area contributed by atoms with Crippen LogP contribution in [-0.4, -0.2) is 24.1 Å². The van der Waals surface area contributed by atoms with Crippen molar-refractivity contribution >= 4 is 18.2 Å². The average Bonchev–Trinajstić information content (AvgIpc) is 2.00. The summed E-state index contributed by atoms with van der Waals surface area (Å²) in [5, 5.41) is 0. The Kier molecular flexibility index (Phi) is 7.79. The van der Waals surface area contributed by atoms with Gasteiger partial charge in [0.1, 0.15) is 0 Å². The van der Waals surface area contributed by atoms with Crippen LogP contribution in [0.4, 0.5) is 0 Å². The molecule has 0 spiro atoms. The molecule has 92 valence electrons. The van der Waals surface area contributed by atoms with Crippen molar-refractivity contribution < 1.29 is 23.5 Å². The van der Waals surface area contributed by atoms with Crippen molar-refractivity contribution in [1.29, 1.82) is 0 Å². The van der Waals surface area contributed by atoms with Crippen LogP contribution in [0.1, 0.15) is 33.6 Å². The van der Waals surface area contributed by atoms with Gasteiger partial charge in [-0.15, -0.1) is 0 Å². The Morgan fingerprint density at radius 2 is 2.00 bits per heavy atom. The maximum Gasteiger partial charge on any atom is 0.423 e. The maximum atomic E-state index is 10.6. The quantitative estimate of drug-likeness (QED) is 0.413. The highest BCUT2D eigenvalue weighted by molar-refractivity contribution is 7.80. The van der Waals surface area contributed by atoms with E-state index in [2.05, 4.69) is 11.4 Å². The van der Waals surface area contributed by atoms with E-state index in [4.69, 9.17) is 25.6 Å². The molecule has 0 bridgehead atoms. The van der Waals surface area contributed by atoms with E-state index in [9.17, 15) is 4.57 Å². The van der Waals surface area contributed by atoms with Crippen LogP contribution in [0.15, 0.2) is 0 Å². The smallest absolute Gasteiger partial charge is 0.353 e. The Bertz CT molecular complexity index is 207. The second-order valence-electron chi connectivity index (χ2n) is 3.05. The highest BCUT2D eigenvalue weighted by atomic mass is 35.7. The molecule has 0 aliphatic rings. The summed E-state index contributed by atoms with van der Waals surface area (Å²) in [4.78, 5) is 8.69. The molecule has 0 radical (unpaired) electrons. The molecule has 0 aliphatic carbocycles. The van der Waals surface area contributed by atoms with Crippen LogP contribution in [0, 0.1) is 0 Å². The maximum absolute atomic E-state index is 10.6. The van der Waals surface area contributed by atoms with E-state index in [-0.39, 0.29) is 0 Å². The minimum absolute atomic E-state index is 0.491. The standard InChI is InChI=1S/C8H18ClO5P/c1-4-5-6-12-7(2)13-8(3)14-15(9,10)11/h7-8H,4-6H2,1-3H3,(H,10,11). The third-order valence-corrected chi connectivity index (χ3v) is 2.31. The molecule has 1 N–H and O–H groups in total. The van der Waals surface area contributed by atoms with Crippen molar-refractivity contribution in [2.75, 3.05) is 6.61 Å². The number of unbranched alkanes of at least 4 members (excludes halogenated alkanes) is 1. The number of halogens is 1. The fourth-order valence-corrected chi connectivity index (χ4v) is 1.66. The molecule has 0 aromatic heterocycles. The van der Waals surface area contributed by atoms with Crippen LogP contribution in [0.25, 0.3) is 0 Å². The number of hydrogen-bond donors (Lipinski definition) is 1. The predicted molar refractivity (Wildman–Crippen MR) is 57.6 cm³/mol. The largest absolute Gasteiger partial charge is 0.423 e. The summed E-state index contributed by atoms with van der Waals surface area (Å²) in [6.07, 6.45) is 0.605.